The summed E-state index contributed by atoms with van der Waals surface area (Å²) >= 11 is 0. The van der Waals surface area contributed by atoms with E-state index in [9.17, 15) is 21.6 Å². The van der Waals surface area contributed by atoms with Gasteiger partial charge in [0, 0.05) is 7.05 Å². The minimum atomic E-state index is -4.49. The van der Waals surface area contributed by atoms with Gasteiger partial charge in [-0.15, -0.1) is 0 Å². The van der Waals surface area contributed by atoms with Gasteiger partial charge in [0.1, 0.15) is 0 Å². The first kappa shape index (κ1) is 16.3. The SMILES string of the molecule is CN(S(=O)(=O)N=C=O)S(=O)(=O)C1CCCCCCC1. The molecule has 0 aliphatic heterocycles. The summed E-state index contributed by atoms with van der Waals surface area (Å²) in [6.07, 6.45) is 6.25. The van der Waals surface area contributed by atoms with Crippen LogP contribution in [0.4, 0.5) is 0 Å². The molecule has 1 aliphatic carbocycles. The highest BCUT2D eigenvalue weighted by Crippen LogP contribution is 2.25. The fourth-order valence-corrected chi connectivity index (χ4v) is 5.24. The minimum absolute atomic E-state index is 0.192. The Kier molecular flexibility index (Phi) is 5.66. The van der Waals surface area contributed by atoms with E-state index in [0.717, 1.165) is 45.2 Å². The molecule has 0 atom stereocenters. The van der Waals surface area contributed by atoms with E-state index in [0.29, 0.717) is 12.8 Å². The van der Waals surface area contributed by atoms with Gasteiger partial charge < -0.3 is 0 Å². The third kappa shape index (κ3) is 4.10. The van der Waals surface area contributed by atoms with Gasteiger partial charge in [0.25, 0.3) is 6.08 Å². The van der Waals surface area contributed by atoms with Gasteiger partial charge in [-0.3, -0.25) is 0 Å². The van der Waals surface area contributed by atoms with Crippen LogP contribution < -0.4 is 0 Å². The first-order valence-electron chi connectivity index (χ1n) is 6.14. The average Bonchev–Trinajstić information content (AvgIpc) is 2.26. The van der Waals surface area contributed by atoms with Crippen molar-refractivity contribution in [1.29, 1.82) is 0 Å². The molecule has 0 aromatic heterocycles. The number of hydrogen-bond donors (Lipinski definition) is 0. The van der Waals surface area contributed by atoms with Crippen LogP contribution in [0.15, 0.2) is 4.40 Å². The molecule has 1 saturated carbocycles. The predicted octanol–water partition coefficient (Wildman–Crippen LogP) is 0.941. The molecule has 0 spiro atoms. The second-order valence-corrected chi connectivity index (χ2v) is 8.65. The van der Waals surface area contributed by atoms with Crippen LogP contribution in [0, 0.1) is 0 Å². The largest absolute Gasteiger partial charge is 0.345 e. The maximum Gasteiger partial charge on any atom is 0.345 e. The molecule has 1 rings (SSSR count). The van der Waals surface area contributed by atoms with Gasteiger partial charge >= 0.3 is 10.2 Å². The first-order chi connectivity index (χ1) is 8.82. The lowest BCUT2D eigenvalue weighted by Gasteiger charge is -2.23. The van der Waals surface area contributed by atoms with Gasteiger partial charge in [0.05, 0.1) is 5.25 Å². The van der Waals surface area contributed by atoms with E-state index in [-0.39, 0.29) is 3.71 Å². The molecular formula is C10H18N2O5S2. The summed E-state index contributed by atoms with van der Waals surface area (Å²) in [5.74, 6) is 0. The Hall–Kier alpha value is -0.760. The molecule has 1 fully saturated rings. The molecule has 0 N–H and O–H groups in total. The van der Waals surface area contributed by atoms with E-state index in [1.807, 2.05) is 0 Å². The lowest BCUT2D eigenvalue weighted by atomic mass is 10.0. The van der Waals surface area contributed by atoms with Crippen molar-refractivity contribution in [1.82, 2.24) is 3.71 Å². The smallest absolute Gasteiger partial charge is 0.211 e. The zero-order valence-electron chi connectivity index (χ0n) is 10.8. The summed E-state index contributed by atoms with van der Waals surface area (Å²) < 4.78 is 50.2. The zero-order valence-corrected chi connectivity index (χ0v) is 12.4. The van der Waals surface area contributed by atoms with E-state index in [4.69, 9.17) is 0 Å². The number of sulfonamides is 1. The maximum absolute atomic E-state index is 12.2. The second-order valence-electron chi connectivity index (χ2n) is 4.55. The van der Waals surface area contributed by atoms with Crippen LogP contribution >= 0.6 is 0 Å². The van der Waals surface area contributed by atoms with Crippen LogP contribution in [0.1, 0.15) is 44.9 Å². The van der Waals surface area contributed by atoms with Crippen molar-refractivity contribution in [2.75, 3.05) is 7.05 Å². The zero-order chi connectivity index (χ0) is 14.5. The highest BCUT2D eigenvalue weighted by atomic mass is 32.3. The summed E-state index contributed by atoms with van der Waals surface area (Å²) in [6, 6.07) is 0. The lowest BCUT2D eigenvalue weighted by Crippen LogP contribution is -2.39. The van der Waals surface area contributed by atoms with Gasteiger partial charge in [-0.25, -0.2) is 13.2 Å². The third-order valence-electron chi connectivity index (χ3n) is 3.31. The van der Waals surface area contributed by atoms with Gasteiger partial charge in [0.2, 0.25) is 10.0 Å². The predicted molar refractivity (Wildman–Crippen MR) is 69.8 cm³/mol. The molecule has 0 heterocycles. The van der Waals surface area contributed by atoms with Crippen molar-refractivity contribution in [3.63, 3.8) is 0 Å². The Bertz CT molecular complexity index is 540. The van der Waals surface area contributed by atoms with E-state index >= 15 is 0 Å². The van der Waals surface area contributed by atoms with Crippen LogP contribution in [-0.2, 0) is 25.0 Å². The topological polar surface area (TPSA) is 101 Å². The second kappa shape index (κ2) is 6.60. The molecule has 19 heavy (non-hydrogen) atoms. The van der Waals surface area contributed by atoms with Crippen LogP contribution in [-0.4, -0.2) is 38.9 Å². The molecule has 0 bridgehead atoms. The normalized spacial score (nSPS) is 19.5. The molecule has 7 nitrogen and oxygen atoms in total. The lowest BCUT2D eigenvalue weighted by molar-refractivity contribution is 0.467. The highest BCUT2D eigenvalue weighted by molar-refractivity contribution is 8.03. The third-order valence-corrected chi connectivity index (χ3v) is 7.48. The minimum Gasteiger partial charge on any atom is -0.211 e. The van der Waals surface area contributed by atoms with Gasteiger partial charge in [-0.1, -0.05) is 40.2 Å². The Balaban J connectivity index is 2.98. The van der Waals surface area contributed by atoms with Crippen LogP contribution in [0.25, 0.3) is 0 Å². The number of carbonyl (C=O) groups excluding carboxylic acids is 1. The monoisotopic (exact) mass is 310 g/mol. The van der Waals surface area contributed by atoms with Crippen LogP contribution in [0.2, 0.25) is 0 Å². The quantitative estimate of drug-likeness (QED) is 0.568. The summed E-state index contributed by atoms with van der Waals surface area (Å²) in [5.41, 5.74) is 0. The Morgan fingerprint density at radius 3 is 1.95 bits per heavy atom. The van der Waals surface area contributed by atoms with E-state index in [1.165, 1.54) is 0 Å². The van der Waals surface area contributed by atoms with E-state index < -0.39 is 25.5 Å². The van der Waals surface area contributed by atoms with Crippen LogP contribution in [0.3, 0.4) is 0 Å². The van der Waals surface area contributed by atoms with Crippen LogP contribution in [0.5, 0.6) is 0 Å². The Morgan fingerprint density at radius 1 is 1.00 bits per heavy atom. The molecule has 0 radical (unpaired) electrons. The van der Waals surface area contributed by atoms with Crippen molar-refractivity contribution < 1.29 is 21.6 Å². The van der Waals surface area contributed by atoms with Gasteiger partial charge in [-0.05, 0) is 12.8 Å². The van der Waals surface area contributed by atoms with Crippen molar-refractivity contribution in [3.05, 3.63) is 0 Å². The summed E-state index contributed by atoms with van der Waals surface area (Å²) in [4.78, 5) is 10.0. The highest BCUT2D eigenvalue weighted by Gasteiger charge is 2.36. The fraction of sp³-hybridized carbons (Fsp3) is 0.900. The molecule has 0 aromatic carbocycles. The summed E-state index contributed by atoms with van der Waals surface area (Å²) in [5, 5.41) is -0.727. The standard InChI is InChI=1S/C10H18N2O5S2/c1-12(19(16,17)11-9-13)18(14,15)10-7-5-3-2-4-6-8-10/h10H,2-8H2,1H3. The van der Waals surface area contributed by atoms with Crippen molar-refractivity contribution in [2.45, 2.75) is 50.2 Å². The van der Waals surface area contributed by atoms with Crippen molar-refractivity contribution >= 4 is 26.3 Å². The Morgan fingerprint density at radius 2 is 1.47 bits per heavy atom. The summed E-state index contributed by atoms with van der Waals surface area (Å²) in [7, 11) is -7.59. The van der Waals surface area contributed by atoms with Gasteiger partial charge in [-0.2, -0.15) is 8.42 Å². The summed E-state index contributed by atoms with van der Waals surface area (Å²) in [6.45, 7) is 0. The Labute approximate surface area is 113 Å². The number of rotatable bonds is 4. The first-order valence-corrected chi connectivity index (χ1v) is 9.04. The molecular weight excluding hydrogens is 292 g/mol. The van der Waals surface area contributed by atoms with E-state index in [2.05, 4.69) is 4.40 Å². The van der Waals surface area contributed by atoms with Gasteiger partial charge in [0.15, 0.2) is 0 Å². The molecule has 1 aliphatic rings. The molecule has 0 aromatic rings. The fourth-order valence-electron chi connectivity index (χ4n) is 2.16. The molecule has 0 unspecified atom stereocenters. The van der Waals surface area contributed by atoms with Crippen molar-refractivity contribution in [3.8, 4) is 0 Å². The molecule has 110 valence electrons. The number of nitrogens with zero attached hydrogens (tertiary/aromatic N) is 2. The average molecular weight is 310 g/mol. The molecule has 0 saturated heterocycles. The number of isocyanates is 1. The molecule has 0 amide bonds. The number of hydrogen-bond acceptors (Lipinski definition) is 5. The molecule has 9 heteroatoms. The van der Waals surface area contributed by atoms with E-state index in [1.54, 1.807) is 0 Å². The maximum atomic E-state index is 12.2. The van der Waals surface area contributed by atoms with Crippen molar-refractivity contribution in [2.24, 2.45) is 4.40 Å².